The smallest absolute Gasteiger partial charge is 0.269 e. The van der Waals surface area contributed by atoms with Gasteiger partial charge in [-0.3, -0.25) is 10.1 Å². The molecule has 0 spiro atoms. The molecule has 1 aliphatic carbocycles. The number of nitrogens with two attached hydrogens (primary N) is 1. The van der Waals surface area contributed by atoms with Gasteiger partial charge >= 0.3 is 0 Å². The largest absolute Gasteiger partial charge is 0.327 e. The maximum absolute atomic E-state index is 10.7. The molecule has 3 unspecified atom stereocenters. The summed E-state index contributed by atoms with van der Waals surface area (Å²) in [6.07, 6.45) is 4.25. The average Bonchev–Trinajstić information content (AvgIpc) is 2.34. The van der Waals surface area contributed by atoms with Crippen LogP contribution in [0, 0.1) is 22.0 Å². The van der Waals surface area contributed by atoms with Crippen molar-refractivity contribution in [2.45, 2.75) is 38.6 Å². The van der Waals surface area contributed by atoms with E-state index < -0.39 is 0 Å². The Kier molecular flexibility index (Phi) is 3.97. The van der Waals surface area contributed by atoms with Crippen molar-refractivity contribution in [1.82, 2.24) is 0 Å². The number of benzene rings is 1. The first-order chi connectivity index (χ1) is 8.56. The van der Waals surface area contributed by atoms with Crippen LogP contribution in [0.15, 0.2) is 24.3 Å². The fourth-order valence-corrected chi connectivity index (χ4v) is 2.86. The first-order valence-electron chi connectivity index (χ1n) is 6.55. The highest BCUT2D eigenvalue weighted by Crippen LogP contribution is 2.30. The van der Waals surface area contributed by atoms with Crippen LogP contribution < -0.4 is 5.73 Å². The summed E-state index contributed by atoms with van der Waals surface area (Å²) in [4.78, 5) is 10.4. The molecule has 4 heteroatoms. The van der Waals surface area contributed by atoms with Gasteiger partial charge in [0.2, 0.25) is 0 Å². The van der Waals surface area contributed by atoms with Gasteiger partial charge in [0, 0.05) is 18.2 Å². The quantitative estimate of drug-likeness (QED) is 0.660. The molecule has 4 nitrogen and oxygen atoms in total. The molecule has 18 heavy (non-hydrogen) atoms. The molecule has 1 aromatic carbocycles. The lowest BCUT2D eigenvalue weighted by Gasteiger charge is -2.32. The van der Waals surface area contributed by atoms with Gasteiger partial charge in [0.1, 0.15) is 0 Å². The summed E-state index contributed by atoms with van der Waals surface area (Å²) < 4.78 is 0. The van der Waals surface area contributed by atoms with Gasteiger partial charge in [0.15, 0.2) is 0 Å². The van der Waals surface area contributed by atoms with Gasteiger partial charge < -0.3 is 5.73 Å². The van der Waals surface area contributed by atoms with E-state index in [2.05, 4.69) is 6.92 Å². The zero-order valence-corrected chi connectivity index (χ0v) is 10.7. The summed E-state index contributed by atoms with van der Waals surface area (Å²) in [5.41, 5.74) is 7.35. The maximum Gasteiger partial charge on any atom is 0.269 e. The van der Waals surface area contributed by atoms with Crippen molar-refractivity contribution >= 4 is 5.69 Å². The molecule has 0 aliphatic heterocycles. The van der Waals surface area contributed by atoms with Crippen LogP contribution >= 0.6 is 0 Å². The van der Waals surface area contributed by atoms with Crippen molar-refractivity contribution in [3.8, 4) is 0 Å². The Morgan fingerprint density at radius 3 is 2.94 bits per heavy atom. The van der Waals surface area contributed by atoms with Gasteiger partial charge in [-0.1, -0.05) is 19.1 Å². The third-order valence-corrected chi connectivity index (χ3v) is 3.92. The molecule has 1 aliphatic rings. The minimum Gasteiger partial charge on any atom is -0.327 e. The molecule has 3 atom stereocenters. The molecular formula is C14H20N2O2. The zero-order chi connectivity index (χ0) is 13.1. The molecule has 2 N–H and O–H groups in total. The first-order valence-corrected chi connectivity index (χ1v) is 6.55. The molecule has 0 saturated heterocycles. The Labute approximate surface area is 107 Å². The molecule has 98 valence electrons. The summed E-state index contributed by atoms with van der Waals surface area (Å²) in [5.74, 6) is 1.17. The second kappa shape index (κ2) is 5.48. The van der Waals surface area contributed by atoms with Crippen molar-refractivity contribution in [2.75, 3.05) is 0 Å². The van der Waals surface area contributed by atoms with Gasteiger partial charge in [-0.25, -0.2) is 0 Å². The van der Waals surface area contributed by atoms with E-state index in [1.165, 1.54) is 12.5 Å². The van der Waals surface area contributed by atoms with Crippen LogP contribution in [0.3, 0.4) is 0 Å². The lowest BCUT2D eigenvalue weighted by Crippen LogP contribution is -2.36. The van der Waals surface area contributed by atoms with Crippen LogP contribution in [0.2, 0.25) is 0 Å². The van der Waals surface area contributed by atoms with Crippen LogP contribution in [0.1, 0.15) is 31.7 Å². The summed E-state index contributed by atoms with van der Waals surface area (Å²) in [6, 6.07) is 7.16. The van der Waals surface area contributed by atoms with Crippen LogP contribution in [-0.2, 0) is 6.42 Å². The molecular weight excluding hydrogens is 228 g/mol. The Bertz CT molecular complexity index is 434. The first kappa shape index (κ1) is 13.0. The molecule has 0 bridgehead atoms. The summed E-state index contributed by atoms with van der Waals surface area (Å²) >= 11 is 0. The third-order valence-electron chi connectivity index (χ3n) is 3.92. The van der Waals surface area contributed by atoms with Gasteiger partial charge in [0.25, 0.3) is 5.69 Å². The van der Waals surface area contributed by atoms with E-state index in [4.69, 9.17) is 5.73 Å². The fraction of sp³-hybridized carbons (Fsp3) is 0.571. The van der Waals surface area contributed by atoms with Crippen molar-refractivity contribution in [3.63, 3.8) is 0 Å². The molecule has 1 aromatic rings. The van der Waals surface area contributed by atoms with Crippen molar-refractivity contribution in [2.24, 2.45) is 17.6 Å². The number of nitro benzene ring substituents is 1. The predicted octanol–water partition coefficient (Wildman–Crippen LogP) is 2.90. The van der Waals surface area contributed by atoms with Gasteiger partial charge in [-0.2, -0.15) is 0 Å². The Morgan fingerprint density at radius 1 is 1.44 bits per heavy atom. The lowest BCUT2D eigenvalue weighted by molar-refractivity contribution is -0.384. The van der Waals surface area contributed by atoms with Crippen LogP contribution in [-0.4, -0.2) is 11.0 Å². The number of hydrogen-bond acceptors (Lipinski definition) is 3. The van der Waals surface area contributed by atoms with Crippen molar-refractivity contribution in [1.29, 1.82) is 0 Å². The van der Waals surface area contributed by atoms with E-state index in [9.17, 15) is 10.1 Å². The lowest BCUT2D eigenvalue weighted by atomic mass is 9.76. The van der Waals surface area contributed by atoms with E-state index in [-0.39, 0.29) is 16.7 Å². The normalized spacial score (nSPS) is 28.0. The molecule has 0 heterocycles. The highest BCUT2D eigenvalue weighted by atomic mass is 16.6. The highest BCUT2D eigenvalue weighted by Gasteiger charge is 2.26. The van der Waals surface area contributed by atoms with Gasteiger partial charge in [-0.15, -0.1) is 0 Å². The van der Waals surface area contributed by atoms with E-state index in [0.29, 0.717) is 11.8 Å². The molecule has 2 rings (SSSR count). The van der Waals surface area contributed by atoms with Gasteiger partial charge in [-0.05, 0) is 43.1 Å². The van der Waals surface area contributed by atoms with Crippen molar-refractivity contribution in [3.05, 3.63) is 39.9 Å². The number of rotatable bonds is 3. The fourth-order valence-electron chi connectivity index (χ4n) is 2.86. The molecule has 0 aromatic heterocycles. The van der Waals surface area contributed by atoms with Crippen LogP contribution in [0.5, 0.6) is 0 Å². The average molecular weight is 248 g/mol. The number of nitro groups is 1. The van der Waals surface area contributed by atoms with Gasteiger partial charge in [0.05, 0.1) is 4.92 Å². The molecule has 1 saturated carbocycles. The van der Waals surface area contributed by atoms with E-state index in [0.717, 1.165) is 24.8 Å². The Hall–Kier alpha value is -1.42. The standard InChI is InChI=1S/C14H20N2O2/c1-10-5-6-14(15)12(7-10)8-11-3-2-4-13(9-11)16(17)18/h2-4,9-10,12,14H,5-8,15H2,1H3. The summed E-state index contributed by atoms with van der Waals surface area (Å²) in [5, 5.41) is 10.7. The maximum atomic E-state index is 10.7. The molecule has 0 radical (unpaired) electrons. The second-order valence-corrected chi connectivity index (χ2v) is 5.47. The Balaban J connectivity index is 2.08. The minimum absolute atomic E-state index is 0.171. The minimum atomic E-state index is -0.340. The van der Waals surface area contributed by atoms with Crippen LogP contribution in [0.4, 0.5) is 5.69 Å². The van der Waals surface area contributed by atoms with E-state index in [1.54, 1.807) is 12.1 Å². The summed E-state index contributed by atoms with van der Waals surface area (Å²) in [7, 11) is 0. The van der Waals surface area contributed by atoms with E-state index in [1.807, 2.05) is 6.07 Å². The van der Waals surface area contributed by atoms with Crippen molar-refractivity contribution < 1.29 is 4.92 Å². The van der Waals surface area contributed by atoms with E-state index >= 15 is 0 Å². The number of non-ortho nitro benzene ring substituents is 1. The topological polar surface area (TPSA) is 69.2 Å². The molecule has 0 amide bonds. The summed E-state index contributed by atoms with van der Waals surface area (Å²) in [6.45, 7) is 2.26. The highest BCUT2D eigenvalue weighted by molar-refractivity contribution is 5.34. The third kappa shape index (κ3) is 3.07. The number of nitrogens with zero attached hydrogens (tertiary/aromatic N) is 1. The zero-order valence-electron chi connectivity index (χ0n) is 10.7. The second-order valence-electron chi connectivity index (χ2n) is 5.47. The molecule has 1 fully saturated rings. The SMILES string of the molecule is CC1CCC(N)C(Cc2cccc([N+](=O)[O-])c2)C1. The monoisotopic (exact) mass is 248 g/mol. The Morgan fingerprint density at radius 2 is 2.22 bits per heavy atom. The van der Waals surface area contributed by atoms with Crippen LogP contribution in [0.25, 0.3) is 0 Å². The predicted molar refractivity (Wildman–Crippen MR) is 71.3 cm³/mol. The number of hydrogen-bond donors (Lipinski definition) is 1.